The molecule has 28 heteroatoms. The number of nitrogens with zero attached hydrogens (tertiary/aromatic N) is 2. The maximum absolute atomic E-state index is 13.0. The van der Waals surface area contributed by atoms with Crippen molar-refractivity contribution in [2.45, 2.75) is 76.1 Å². The molecule has 1 aliphatic heterocycles. The van der Waals surface area contributed by atoms with Crippen LogP contribution in [0.1, 0.15) is 64.7 Å². The van der Waals surface area contributed by atoms with E-state index in [4.69, 9.17) is 45.4 Å². The van der Waals surface area contributed by atoms with Crippen LogP contribution < -0.4 is 21.9 Å². The zero-order valence-electron chi connectivity index (χ0n) is 30.8. The lowest BCUT2D eigenvalue weighted by molar-refractivity contribution is -0.0522. The number of anilines is 1. The van der Waals surface area contributed by atoms with Crippen LogP contribution in [-0.4, -0.2) is 102 Å². The van der Waals surface area contributed by atoms with E-state index in [1.165, 1.54) is 10.8 Å². The van der Waals surface area contributed by atoms with Gasteiger partial charge in [0.05, 0.1) is 36.1 Å². The van der Waals surface area contributed by atoms with E-state index in [1.54, 1.807) is 17.0 Å². The van der Waals surface area contributed by atoms with E-state index in [9.17, 15) is 33.1 Å². The number of nitrogen functional groups attached to an aromatic ring is 1. The van der Waals surface area contributed by atoms with Gasteiger partial charge in [-0.25, -0.2) is 18.5 Å². The van der Waals surface area contributed by atoms with Crippen LogP contribution in [0.5, 0.6) is 0 Å². The summed E-state index contributed by atoms with van der Waals surface area (Å²) < 4.78 is 66.7. The van der Waals surface area contributed by atoms with Gasteiger partial charge in [0.25, 0.3) is 5.56 Å². The second kappa shape index (κ2) is 22.3. The number of hydrogen-bond donors (Lipinski definition) is 8. The average molecular weight is 929 g/mol. The Morgan fingerprint density at radius 2 is 1.93 bits per heavy atom. The second-order valence-electron chi connectivity index (χ2n) is 12.6. The van der Waals surface area contributed by atoms with Crippen molar-refractivity contribution in [3.8, 4) is 11.8 Å². The minimum absolute atomic E-state index is 0.0481. The lowest BCUT2D eigenvalue weighted by atomic mass is 10.1. The van der Waals surface area contributed by atoms with Gasteiger partial charge < -0.3 is 54.7 Å². The molecule has 0 radical (unpaired) electrons. The van der Waals surface area contributed by atoms with Crippen molar-refractivity contribution in [3.05, 3.63) is 22.1 Å². The van der Waals surface area contributed by atoms with Gasteiger partial charge >= 0.3 is 29.5 Å². The Balaban J connectivity index is 1.61. The Hall–Kier alpha value is -1.39. The molecule has 2 aromatic rings. The van der Waals surface area contributed by atoms with Crippen molar-refractivity contribution in [1.29, 1.82) is 0 Å². The van der Waals surface area contributed by atoms with Gasteiger partial charge in [0, 0.05) is 30.5 Å². The number of urea groups is 1. The zero-order chi connectivity index (χ0) is 41.7. The summed E-state index contributed by atoms with van der Waals surface area (Å²) in [7, 11) is -13.9. The SMILES string of the molecule is CCC(C)(C)SSCOCCCCCNC(=O)NCC#Cc1cn([C@H]2C[C@H](OCS(C)=S)[C@@H](COP(=O)(O)OP(=O)(O)OP(=O)(O)O)O2)c2nc(N)[nH]c(=O)c12. The highest BCUT2D eigenvalue weighted by atomic mass is 33.1. The first-order valence-corrected chi connectivity index (χ1v) is 26.3. The van der Waals surface area contributed by atoms with Gasteiger partial charge in [-0.1, -0.05) is 49.8 Å². The summed E-state index contributed by atoms with van der Waals surface area (Å²) in [5.74, 6) is 6.13. The lowest BCUT2D eigenvalue weighted by Gasteiger charge is -2.21. The minimum atomic E-state index is -5.75. The van der Waals surface area contributed by atoms with Gasteiger partial charge in [-0.2, -0.15) is 13.6 Å². The molecule has 3 rings (SSSR count). The number of carbonyl (C=O) groups is 1. The summed E-state index contributed by atoms with van der Waals surface area (Å²) in [6, 6.07) is -0.418. The number of H-pyrrole nitrogens is 1. The van der Waals surface area contributed by atoms with Crippen molar-refractivity contribution in [2.75, 3.05) is 50.2 Å². The van der Waals surface area contributed by atoms with E-state index in [0.29, 0.717) is 19.1 Å². The van der Waals surface area contributed by atoms with Gasteiger partial charge in [-0.05, 0) is 57.0 Å². The number of hydrogen-bond acceptors (Lipinski definition) is 16. The first-order valence-electron chi connectivity index (χ1n) is 16.7. The molecule has 1 aliphatic rings. The number of ether oxygens (including phenoxy) is 3. The fraction of sp³-hybridized carbons (Fsp3) is 0.679. The van der Waals surface area contributed by atoms with Crippen molar-refractivity contribution in [1.82, 2.24) is 25.2 Å². The maximum atomic E-state index is 13.0. The largest absolute Gasteiger partial charge is 0.490 e. The predicted octanol–water partition coefficient (Wildman–Crippen LogP) is 3.36. The third-order valence-electron chi connectivity index (χ3n) is 7.54. The number of phosphoric ester groups is 1. The third kappa shape index (κ3) is 17.5. The van der Waals surface area contributed by atoms with E-state index >= 15 is 0 Å². The summed E-state index contributed by atoms with van der Waals surface area (Å²) in [6.07, 6.45) is 3.87. The summed E-state index contributed by atoms with van der Waals surface area (Å²) in [6.45, 7) is 6.82. The van der Waals surface area contributed by atoms with E-state index in [-0.39, 0.29) is 46.2 Å². The highest BCUT2D eigenvalue weighted by Gasteiger charge is 2.44. The van der Waals surface area contributed by atoms with Gasteiger partial charge in [-0.3, -0.25) is 14.3 Å². The fourth-order valence-electron chi connectivity index (χ4n) is 4.71. The summed E-state index contributed by atoms with van der Waals surface area (Å²) in [5, 5.41) is 5.46. The van der Waals surface area contributed by atoms with Crippen molar-refractivity contribution in [3.63, 3.8) is 0 Å². The van der Waals surface area contributed by atoms with Crippen LogP contribution >= 0.6 is 45.1 Å². The number of aromatic amines is 1. The molecule has 0 spiro atoms. The Morgan fingerprint density at radius 1 is 1.20 bits per heavy atom. The summed E-state index contributed by atoms with van der Waals surface area (Å²) in [4.78, 5) is 68.9. The molecule has 1 saturated heterocycles. The number of nitrogens with two attached hydrogens (primary N) is 1. The Morgan fingerprint density at radius 3 is 2.61 bits per heavy atom. The topological polar surface area (TPSA) is 305 Å². The molecule has 0 aliphatic carbocycles. The molecule has 9 N–H and O–H groups in total. The Labute approximate surface area is 338 Å². The van der Waals surface area contributed by atoms with Crippen molar-refractivity contribution >= 4 is 88.7 Å². The van der Waals surface area contributed by atoms with Gasteiger partial charge in [0.2, 0.25) is 5.95 Å². The van der Waals surface area contributed by atoms with Crippen LogP contribution in [0.4, 0.5) is 10.7 Å². The number of amides is 2. The molecule has 56 heavy (non-hydrogen) atoms. The molecule has 6 atom stereocenters. The molecular formula is C28H47N6O15P3S4. The van der Waals surface area contributed by atoms with E-state index in [0.717, 1.165) is 25.7 Å². The van der Waals surface area contributed by atoms with Crippen molar-refractivity contribution in [2.24, 2.45) is 0 Å². The highest BCUT2D eigenvalue weighted by Crippen LogP contribution is 2.66. The quantitative estimate of drug-likeness (QED) is 0.0260. The standard InChI is InChI=1S/C28H47N6O15P3S4/c1-5-28(2,3)55-54-17-44-13-8-6-7-11-30-27(36)31-12-9-10-19-15-34(24-23(19)25(35)33-26(29)32-24)22-14-20(45-18-56(4)53)21(47-22)16-46-51(40,41)49-52(42,43)48-50(37,38)39/h15,20-22H,5-8,11-14,16-18H2,1-4H3,(H,40,41)(H,42,43)(H2,30,31,36)(H2,37,38,39)(H3,29,32,33,35)/t20-,21+,22+,56?/m0/s1. The number of rotatable bonds is 23. The molecule has 3 unspecified atom stereocenters. The Kier molecular flexibility index (Phi) is 19.5. The summed E-state index contributed by atoms with van der Waals surface area (Å²) in [5.41, 5.74) is 5.51. The molecule has 0 bridgehead atoms. The van der Waals surface area contributed by atoms with Crippen LogP contribution in [0.15, 0.2) is 11.0 Å². The lowest BCUT2D eigenvalue weighted by Crippen LogP contribution is -2.36. The molecule has 1 fully saturated rings. The number of carbonyl (C=O) groups excluding carboxylic acids is 1. The van der Waals surface area contributed by atoms with Crippen LogP contribution in [0.2, 0.25) is 0 Å². The smallest absolute Gasteiger partial charge is 0.370 e. The molecule has 21 nitrogen and oxygen atoms in total. The Bertz CT molecular complexity index is 1940. The van der Waals surface area contributed by atoms with Crippen LogP contribution in [-0.2, 0) is 61.7 Å². The molecule has 318 valence electrons. The molecular weight excluding hydrogens is 882 g/mol. The summed E-state index contributed by atoms with van der Waals surface area (Å²) >= 11 is 5.20. The molecule has 0 aromatic carbocycles. The van der Waals surface area contributed by atoms with Gasteiger partial charge in [0.15, 0.2) is 5.65 Å². The molecule has 2 amide bonds. The second-order valence-corrected chi connectivity index (χ2v) is 23.0. The molecule has 2 aromatic heterocycles. The highest BCUT2D eigenvalue weighted by molar-refractivity contribution is 8.77. The van der Waals surface area contributed by atoms with Gasteiger partial charge in [-0.15, -0.1) is 0 Å². The van der Waals surface area contributed by atoms with E-state index in [2.05, 4.69) is 61.8 Å². The predicted molar refractivity (Wildman–Crippen MR) is 216 cm³/mol. The van der Waals surface area contributed by atoms with Gasteiger partial charge in [0.1, 0.15) is 18.3 Å². The third-order valence-corrected chi connectivity index (χ3v) is 15.2. The molecule has 0 saturated carbocycles. The molecule has 3 heterocycles. The number of aromatic nitrogens is 3. The number of nitrogens with one attached hydrogen (secondary N) is 3. The van der Waals surface area contributed by atoms with E-state index < -0.39 is 69.6 Å². The first-order chi connectivity index (χ1) is 26.1. The number of unbranched alkanes of at least 4 members (excludes halogenated alkanes) is 2. The van der Waals surface area contributed by atoms with Crippen LogP contribution in [0.25, 0.3) is 11.0 Å². The zero-order valence-corrected chi connectivity index (χ0v) is 36.8. The van der Waals surface area contributed by atoms with Crippen LogP contribution in [0.3, 0.4) is 0 Å². The van der Waals surface area contributed by atoms with Crippen molar-refractivity contribution < 1.29 is 65.4 Å². The monoisotopic (exact) mass is 928 g/mol. The maximum Gasteiger partial charge on any atom is 0.490 e. The minimum Gasteiger partial charge on any atom is -0.370 e. The van der Waals surface area contributed by atoms with Crippen LogP contribution in [0, 0.1) is 11.8 Å². The first kappa shape index (κ1) is 49.0. The number of fused-ring (bicyclic) bond motifs is 1. The fourth-order valence-corrected chi connectivity index (χ4v) is 10.6. The average Bonchev–Trinajstić information content (AvgIpc) is 3.65. The normalized spacial score (nSPS) is 20.2. The number of phosphoric acid groups is 3. The van der Waals surface area contributed by atoms with E-state index in [1.807, 2.05) is 10.8 Å².